The number of carbonyl (C=O) groups excluding carboxylic acids is 1. The average molecular weight is 249 g/mol. The van der Waals surface area contributed by atoms with Crippen molar-refractivity contribution < 1.29 is 9.90 Å². The normalized spacial score (nSPS) is 10.1. The summed E-state index contributed by atoms with van der Waals surface area (Å²) in [6.45, 7) is 0.0162. The van der Waals surface area contributed by atoms with Crippen LogP contribution in [0.1, 0.15) is 10.4 Å². The van der Waals surface area contributed by atoms with Gasteiger partial charge in [-0.05, 0) is 12.1 Å². The topological polar surface area (TPSA) is 75.4 Å². The van der Waals surface area contributed by atoms with Gasteiger partial charge in [-0.3, -0.25) is 4.79 Å². The van der Waals surface area contributed by atoms with Gasteiger partial charge in [-0.25, -0.2) is 0 Å². The molecule has 0 aliphatic heterocycles. The van der Waals surface area contributed by atoms with Crippen LogP contribution in [0.3, 0.4) is 0 Å². The van der Waals surface area contributed by atoms with E-state index in [4.69, 9.17) is 34.0 Å². The summed E-state index contributed by atoms with van der Waals surface area (Å²) in [6, 6.07) is 2.89. The van der Waals surface area contributed by atoms with Gasteiger partial charge in [0, 0.05) is 11.6 Å². The van der Waals surface area contributed by atoms with E-state index in [0.717, 1.165) is 0 Å². The van der Waals surface area contributed by atoms with Crippen molar-refractivity contribution in [1.29, 1.82) is 0 Å². The van der Waals surface area contributed by atoms with E-state index in [2.05, 4.69) is 5.32 Å². The fourth-order valence-electron chi connectivity index (χ4n) is 1.04. The molecule has 1 aromatic carbocycles. The van der Waals surface area contributed by atoms with E-state index < -0.39 is 5.91 Å². The standard InChI is InChI=1S/C9H10Cl2N2O2/c10-5-3-6(8(12)7(11)4-5)9(15)13-1-2-14/h3-4,14H,1-2,12H2,(H,13,15). The molecule has 0 saturated carbocycles. The van der Waals surface area contributed by atoms with Crippen LogP contribution in [0.4, 0.5) is 5.69 Å². The van der Waals surface area contributed by atoms with Gasteiger partial charge >= 0.3 is 0 Å². The molecule has 0 aliphatic carbocycles. The Morgan fingerprint density at radius 3 is 2.73 bits per heavy atom. The second-order valence-electron chi connectivity index (χ2n) is 2.83. The summed E-state index contributed by atoms with van der Waals surface area (Å²) in [5.41, 5.74) is 6.00. The summed E-state index contributed by atoms with van der Waals surface area (Å²) >= 11 is 11.5. The number of nitrogens with one attached hydrogen (secondary N) is 1. The van der Waals surface area contributed by atoms with E-state index >= 15 is 0 Å². The Labute approximate surface area is 97.0 Å². The zero-order valence-electron chi connectivity index (χ0n) is 7.76. The average Bonchev–Trinajstić information content (AvgIpc) is 2.19. The Balaban J connectivity index is 2.98. The van der Waals surface area contributed by atoms with Crippen LogP contribution in [0.25, 0.3) is 0 Å². The third kappa shape index (κ3) is 2.99. The predicted molar refractivity (Wildman–Crippen MR) is 60.3 cm³/mol. The zero-order chi connectivity index (χ0) is 11.4. The predicted octanol–water partition coefficient (Wildman–Crippen LogP) is 1.30. The first kappa shape index (κ1) is 12.1. The Bertz CT molecular complexity index is 383. The van der Waals surface area contributed by atoms with Gasteiger partial charge in [-0.15, -0.1) is 0 Å². The van der Waals surface area contributed by atoms with Crippen LogP contribution >= 0.6 is 23.2 Å². The third-order valence-electron chi connectivity index (χ3n) is 1.74. The van der Waals surface area contributed by atoms with E-state index in [9.17, 15) is 4.79 Å². The molecule has 0 radical (unpaired) electrons. The molecule has 0 heterocycles. The molecule has 1 rings (SSSR count). The summed E-state index contributed by atoms with van der Waals surface area (Å²) in [7, 11) is 0. The molecule has 15 heavy (non-hydrogen) atoms. The number of carbonyl (C=O) groups is 1. The molecule has 4 nitrogen and oxygen atoms in total. The van der Waals surface area contributed by atoms with E-state index in [-0.39, 0.29) is 29.4 Å². The van der Waals surface area contributed by atoms with Gasteiger partial charge in [-0.2, -0.15) is 0 Å². The number of anilines is 1. The first-order valence-electron chi connectivity index (χ1n) is 4.20. The molecule has 6 heteroatoms. The third-order valence-corrected chi connectivity index (χ3v) is 2.27. The fraction of sp³-hybridized carbons (Fsp3) is 0.222. The lowest BCUT2D eigenvalue weighted by atomic mass is 10.1. The first-order valence-corrected chi connectivity index (χ1v) is 4.95. The maximum absolute atomic E-state index is 11.5. The van der Waals surface area contributed by atoms with Crippen molar-refractivity contribution >= 4 is 34.8 Å². The number of benzene rings is 1. The molecule has 0 saturated heterocycles. The molecule has 1 aromatic rings. The highest BCUT2D eigenvalue weighted by atomic mass is 35.5. The van der Waals surface area contributed by atoms with E-state index in [1.54, 1.807) is 0 Å². The number of aliphatic hydroxyl groups excluding tert-OH is 1. The van der Waals surface area contributed by atoms with E-state index in [1.165, 1.54) is 12.1 Å². The highest BCUT2D eigenvalue weighted by Crippen LogP contribution is 2.27. The van der Waals surface area contributed by atoms with Crippen molar-refractivity contribution in [3.05, 3.63) is 27.7 Å². The van der Waals surface area contributed by atoms with E-state index in [0.29, 0.717) is 5.02 Å². The van der Waals surface area contributed by atoms with Gasteiger partial charge in [0.25, 0.3) is 5.91 Å². The van der Waals surface area contributed by atoms with Crippen LogP contribution in [0.15, 0.2) is 12.1 Å². The van der Waals surface area contributed by atoms with Crippen molar-refractivity contribution in [2.75, 3.05) is 18.9 Å². The van der Waals surface area contributed by atoms with Crippen molar-refractivity contribution in [2.45, 2.75) is 0 Å². The molecule has 0 unspecified atom stereocenters. The van der Waals surface area contributed by atoms with Crippen LogP contribution in [0.2, 0.25) is 10.0 Å². The van der Waals surface area contributed by atoms with Gasteiger partial charge in [0.2, 0.25) is 0 Å². The van der Waals surface area contributed by atoms with Crippen LogP contribution in [-0.4, -0.2) is 24.2 Å². The Morgan fingerprint density at radius 2 is 2.13 bits per heavy atom. The van der Waals surface area contributed by atoms with Gasteiger partial charge in [0.05, 0.1) is 22.9 Å². The Hall–Kier alpha value is -0.970. The Morgan fingerprint density at radius 1 is 1.47 bits per heavy atom. The van der Waals surface area contributed by atoms with Gasteiger partial charge in [0.1, 0.15) is 0 Å². The molecular weight excluding hydrogens is 239 g/mol. The number of nitrogen functional groups attached to an aromatic ring is 1. The van der Waals surface area contributed by atoms with Crippen LogP contribution in [0, 0.1) is 0 Å². The molecule has 0 bridgehead atoms. The zero-order valence-corrected chi connectivity index (χ0v) is 9.27. The second kappa shape index (κ2) is 5.21. The maximum atomic E-state index is 11.5. The first-order chi connectivity index (χ1) is 7.06. The smallest absolute Gasteiger partial charge is 0.253 e. The van der Waals surface area contributed by atoms with Crippen LogP contribution in [0.5, 0.6) is 0 Å². The number of halogens is 2. The second-order valence-corrected chi connectivity index (χ2v) is 3.67. The number of amides is 1. The minimum Gasteiger partial charge on any atom is -0.397 e. The highest BCUT2D eigenvalue weighted by molar-refractivity contribution is 6.37. The Kier molecular flexibility index (Phi) is 4.20. The number of hydrogen-bond donors (Lipinski definition) is 3. The summed E-state index contributed by atoms with van der Waals surface area (Å²) < 4.78 is 0. The number of rotatable bonds is 3. The van der Waals surface area contributed by atoms with Crippen molar-refractivity contribution in [1.82, 2.24) is 5.32 Å². The van der Waals surface area contributed by atoms with Crippen molar-refractivity contribution in [3.63, 3.8) is 0 Å². The van der Waals surface area contributed by atoms with Gasteiger partial charge in [-0.1, -0.05) is 23.2 Å². The SMILES string of the molecule is Nc1c(Cl)cc(Cl)cc1C(=O)NCCO. The fourth-order valence-corrected chi connectivity index (χ4v) is 1.53. The monoisotopic (exact) mass is 248 g/mol. The number of nitrogens with two attached hydrogens (primary N) is 1. The summed E-state index contributed by atoms with van der Waals surface area (Å²) in [5, 5.41) is 11.6. The summed E-state index contributed by atoms with van der Waals surface area (Å²) in [4.78, 5) is 11.5. The van der Waals surface area contributed by atoms with Crippen molar-refractivity contribution in [3.8, 4) is 0 Å². The van der Waals surface area contributed by atoms with Gasteiger partial charge in [0.15, 0.2) is 0 Å². The maximum Gasteiger partial charge on any atom is 0.253 e. The molecular formula is C9H10Cl2N2O2. The van der Waals surface area contributed by atoms with Crippen molar-refractivity contribution in [2.24, 2.45) is 0 Å². The van der Waals surface area contributed by atoms with Crippen LogP contribution < -0.4 is 11.1 Å². The molecule has 0 atom stereocenters. The quantitative estimate of drug-likeness (QED) is 0.706. The molecule has 0 spiro atoms. The summed E-state index contributed by atoms with van der Waals surface area (Å²) in [6.07, 6.45) is 0. The summed E-state index contributed by atoms with van der Waals surface area (Å²) in [5.74, 6) is -0.411. The number of hydrogen-bond acceptors (Lipinski definition) is 3. The minimum absolute atomic E-state index is 0.139. The lowest BCUT2D eigenvalue weighted by molar-refractivity contribution is 0.0945. The largest absolute Gasteiger partial charge is 0.397 e. The molecule has 0 fully saturated rings. The minimum atomic E-state index is -0.411. The molecule has 0 aromatic heterocycles. The lowest BCUT2D eigenvalue weighted by Gasteiger charge is -2.08. The number of aliphatic hydroxyl groups is 1. The molecule has 82 valence electrons. The molecule has 4 N–H and O–H groups in total. The molecule has 1 amide bonds. The van der Waals surface area contributed by atoms with E-state index in [1.807, 2.05) is 0 Å². The van der Waals surface area contributed by atoms with Crippen LogP contribution in [-0.2, 0) is 0 Å². The molecule has 0 aliphatic rings. The highest BCUT2D eigenvalue weighted by Gasteiger charge is 2.12. The lowest BCUT2D eigenvalue weighted by Crippen LogP contribution is -2.27. The van der Waals surface area contributed by atoms with Gasteiger partial charge < -0.3 is 16.2 Å².